The minimum atomic E-state index is -0.170. The zero-order chi connectivity index (χ0) is 21.3. The van der Waals surface area contributed by atoms with E-state index in [9.17, 15) is 9.59 Å². The van der Waals surface area contributed by atoms with Crippen LogP contribution in [-0.4, -0.2) is 42.4 Å². The number of carbonyl (C=O) groups excluding carboxylic acids is 1. The van der Waals surface area contributed by atoms with E-state index in [-0.39, 0.29) is 23.9 Å². The van der Waals surface area contributed by atoms with Gasteiger partial charge in [0.2, 0.25) is 5.91 Å². The summed E-state index contributed by atoms with van der Waals surface area (Å²) in [6, 6.07) is 15.0. The molecule has 0 N–H and O–H groups in total. The minimum absolute atomic E-state index is 0.0702. The van der Waals surface area contributed by atoms with Gasteiger partial charge in [0.1, 0.15) is 12.7 Å². The first-order valence-electron chi connectivity index (χ1n) is 9.61. The van der Waals surface area contributed by atoms with Crippen LogP contribution in [-0.2, 0) is 18.3 Å². The molecule has 0 spiro atoms. The highest BCUT2D eigenvalue weighted by atomic mass is 16.2. The zero-order valence-corrected chi connectivity index (χ0v) is 17.1. The van der Waals surface area contributed by atoms with Crippen molar-refractivity contribution in [3.8, 4) is 5.69 Å². The first kappa shape index (κ1) is 19.5. The molecule has 30 heavy (non-hydrogen) atoms. The monoisotopic (exact) mass is 402 g/mol. The maximum absolute atomic E-state index is 13.0. The standard InChI is InChI=1S/C22H22N6O2/c1-15(16-8-10-17(11-9-16)28-14-23-13-24-28)26(2)21(29)12-20-18-6-4-5-7-19(18)22(30)27(3)25-20/h4-11,13-15H,12H2,1-3H3/t15-/m1/s1. The van der Waals surface area contributed by atoms with Crippen LogP contribution in [0.2, 0.25) is 0 Å². The van der Waals surface area contributed by atoms with Crippen LogP contribution in [0.25, 0.3) is 16.5 Å². The zero-order valence-electron chi connectivity index (χ0n) is 17.1. The highest BCUT2D eigenvalue weighted by Gasteiger charge is 2.20. The molecule has 0 saturated carbocycles. The van der Waals surface area contributed by atoms with E-state index in [0.29, 0.717) is 16.5 Å². The van der Waals surface area contributed by atoms with Crippen LogP contribution in [0.4, 0.5) is 0 Å². The largest absolute Gasteiger partial charge is 0.339 e. The molecule has 2 aromatic carbocycles. The lowest BCUT2D eigenvalue weighted by atomic mass is 10.1. The Kier molecular flexibility index (Phi) is 5.14. The van der Waals surface area contributed by atoms with Crippen LogP contribution in [0.3, 0.4) is 0 Å². The molecule has 1 amide bonds. The lowest BCUT2D eigenvalue weighted by Crippen LogP contribution is -2.32. The fourth-order valence-corrected chi connectivity index (χ4v) is 3.46. The van der Waals surface area contributed by atoms with Crippen LogP contribution < -0.4 is 5.56 Å². The fraction of sp³-hybridized carbons (Fsp3) is 0.227. The van der Waals surface area contributed by atoms with Gasteiger partial charge in [-0.05, 0) is 30.7 Å². The number of hydrogen-bond donors (Lipinski definition) is 0. The Hall–Kier alpha value is -3.81. The van der Waals surface area contributed by atoms with Crippen molar-refractivity contribution in [2.24, 2.45) is 7.05 Å². The maximum atomic E-state index is 13.0. The van der Waals surface area contributed by atoms with Crippen molar-refractivity contribution in [2.45, 2.75) is 19.4 Å². The second-order valence-electron chi connectivity index (χ2n) is 7.21. The lowest BCUT2D eigenvalue weighted by Gasteiger charge is -2.25. The second kappa shape index (κ2) is 7.90. The number of nitrogens with zero attached hydrogens (tertiary/aromatic N) is 6. The van der Waals surface area contributed by atoms with Crippen molar-refractivity contribution in [1.82, 2.24) is 29.4 Å². The molecular formula is C22H22N6O2. The summed E-state index contributed by atoms with van der Waals surface area (Å²) >= 11 is 0. The topological polar surface area (TPSA) is 85.9 Å². The molecule has 0 aliphatic heterocycles. The number of likely N-dealkylation sites (N-methyl/N-ethyl adjacent to an activating group) is 1. The summed E-state index contributed by atoms with van der Waals surface area (Å²) < 4.78 is 2.97. The molecule has 0 aliphatic rings. The Labute approximate surface area is 173 Å². The van der Waals surface area contributed by atoms with E-state index < -0.39 is 0 Å². The van der Waals surface area contributed by atoms with Gasteiger partial charge in [-0.1, -0.05) is 30.3 Å². The molecule has 0 fully saturated rings. The maximum Gasteiger partial charge on any atom is 0.274 e. The number of aryl methyl sites for hydroxylation is 1. The average molecular weight is 402 g/mol. The lowest BCUT2D eigenvalue weighted by molar-refractivity contribution is -0.131. The fourth-order valence-electron chi connectivity index (χ4n) is 3.46. The summed E-state index contributed by atoms with van der Waals surface area (Å²) in [6.45, 7) is 1.98. The van der Waals surface area contributed by atoms with E-state index in [2.05, 4.69) is 15.2 Å². The molecule has 0 aliphatic carbocycles. The Bertz CT molecular complexity index is 1250. The number of fused-ring (bicyclic) bond motifs is 1. The Morgan fingerprint density at radius 2 is 1.80 bits per heavy atom. The molecule has 4 aromatic rings. The van der Waals surface area contributed by atoms with Gasteiger partial charge in [-0.25, -0.2) is 14.3 Å². The van der Waals surface area contributed by atoms with Gasteiger partial charge in [-0.2, -0.15) is 10.2 Å². The van der Waals surface area contributed by atoms with Gasteiger partial charge in [0.15, 0.2) is 0 Å². The summed E-state index contributed by atoms with van der Waals surface area (Å²) in [5, 5.41) is 9.74. The van der Waals surface area contributed by atoms with E-state index in [0.717, 1.165) is 11.3 Å². The molecule has 4 rings (SSSR count). The molecule has 152 valence electrons. The molecule has 0 saturated heterocycles. The number of aromatic nitrogens is 5. The Morgan fingerprint density at radius 3 is 2.47 bits per heavy atom. The van der Waals surface area contributed by atoms with Gasteiger partial charge in [0.25, 0.3) is 5.56 Å². The van der Waals surface area contributed by atoms with Crippen LogP contribution in [0, 0.1) is 0 Å². The first-order chi connectivity index (χ1) is 14.5. The summed E-state index contributed by atoms with van der Waals surface area (Å²) in [5.74, 6) is -0.0702. The van der Waals surface area contributed by atoms with Gasteiger partial charge in [-0.15, -0.1) is 0 Å². The predicted molar refractivity (Wildman–Crippen MR) is 113 cm³/mol. The van der Waals surface area contributed by atoms with Crippen LogP contribution in [0.15, 0.2) is 66.0 Å². The smallest absolute Gasteiger partial charge is 0.274 e. The van der Waals surface area contributed by atoms with Gasteiger partial charge in [0.05, 0.1) is 29.2 Å². The van der Waals surface area contributed by atoms with Gasteiger partial charge in [-0.3, -0.25) is 9.59 Å². The van der Waals surface area contributed by atoms with Crippen LogP contribution in [0.5, 0.6) is 0 Å². The van der Waals surface area contributed by atoms with Crippen molar-refractivity contribution in [2.75, 3.05) is 7.05 Å². The minimum Gasteiger partial charge on any atom is -0.339 e. The van der Waals surface area contributed by atoms with Crippen LogP contribution in [0.1, 0.15) is 24.2 Å². The normalized spacial score (nSPS) is 12.1. The summed E-state index contributed by atoms with van der Waals surface area (Å²) in [5.41, 5.74) is 2.33. The predicted octanol–water partition coefficient (Wildman–Crippen LogP) is 2.28. The molecule has 8 heteroatoms. The number of amides is 1. The van der Waals surface area contributed by atoms with E-state index in [4.69, 9.17) is 0 Å². The molecule has 2 heterocycles. The number of carbonyl (C=O) groups is 1. The van der Waals surface area contributed by atoms with Gasteiger partial charge >= 0.3 is 0 Å². The molecule has 0 unspecified atom stereocenters. The van der Waals surface area contributed by atoms with Crippen molar-refractivity contribution < 1.29 is 4.79 Å². The number of benzene rings is 2. The van der Waals surface area contributed by atoms with E-state index in [1.165, 1.54) is 11.0 Å². The van der Waals surface area contributed by atoms with E-state index in [1.54, 1.807) is 36.1 Å². The SMILES string of the molecule is C[C@H](c1ccc(-n2cncn2)cc1)N(C)C(=O)Cc1nn(C)c(=O)c2ccccc12. The van der Waals surface area contributed by atoms with E-state index >= 15 is 0 Å². The van der Waals surface area contributed by atoms with Crippen molar-refractivity contribution in [3.63, 3.8) is 0 Å². The summed E-state index contributed by atoms with van der Waals surface area (Å²) in [7, 11) is 3.38. The highest BCUT2D eigenvalue weighted by molar-refractivity contribution is 5.88. The molecular weight excluding hydrogens is 380 g/mol. The Morgan fingerprint density at radius 1 is 1.10 bits per heavy atom. The van der Waals surface area contributed by atoms with Crippen molar-refractivity contribution >= 4 is 16.7 Å². The molecule has 0 bridgehead atoms. The summed E-state index contributed by atoms with van der Waals surface area (Å²) in [4.78, 5) is 31.0. The van der Waals surface area contributed by atoms with Crippen molar-refractivity contribution in [3.05, 3.63) is 82.8 Å². The van der Waals surface area contributed by atoms with Gasteiger partial charge < -0.3 is 4.90 Å². The third-order valence-corrected chi connectivity index (χ3v) is 5.38. The molecule has 8 nitrogen and oxygen atoms in total. The number of rotatable bonds is 5. The second-order valence-corrected chi connectivity index (χ2v) is 7.21. The van der Waals surface area contributed by atoms with Gasteiger partial charge in [0, 0.05) is 19.5 Å². The summed E-state index contributed by atoms with van der Waals surface area (Å²) in [6.07, 6.45) is 3.24. The Balaban J connectivity index is 1.55. The third kappa shape index (κ3) is 3.59. The molecule has 1 atom stereocenters. The quantitative estimate of drug-likeness (QED) is 0.511. The first-order valence-corrected chi connectivity index (χ1v) is 9.61. The van der Waals surface area contributed by atoms with Crippen LogP contribution >= 0.6 is 0 Å². The molecule has 2 aromatic heterocycles. The molecule has 0 radical (unpaired) electrons. The van der Waals surface area contributed by atoms with Crippen molar-refractivity contribution in [1.29, 1.82) is 0 Å². The number of hydrogen-bond acceptors (Lipinski definition) is 5. The third-order valence-electron chi connectivity index (χ3n) is 5.38. The highest BCUT2D eigenvalue weighted by Crippen LogP contribution is 2.22. The van der Waals surface area contributed by atoms with E-state index in [1.807, 2.05) is 49.4 Å². The average Bonchev–Trinajstić information content (AvgIpc) is 3.31.